The molecule has 0 fully saturated rings. The maximum absolute atomic E-state index is 12.2. The Morgan fingerprint density at radius 1 is 1.08 bits per heavy atom. The predicted octanol–water partition coefficient (Wildman–Crippen LogP) is 4.23. The van der Waals surface area contributed by atoms with Crippen molar-refractivity contribution in [1.82, 2.24) is 4.98 Å². The van der Waals surface area contributed by atoms with Gasteiger partial charge in [0, 0.05) is 5.56 Å². The van der Waals surface area contributed by atoms with Crippen molar-refractivity contribution in [1.29, 1.82) is 0 Å². The van der Waals surface area contributed by atoms with Gasteiger partial charge < -0.3 is 13.9 Å². The van der Waals surface area contributed by atoms with Crippen LogP contribution in [0.4, 0.5) is 0 Å². The summed E-state index contributed by atoms with van der Waals surface area (Å²) in [5, 5.41) is 0. The number of unbranched alkanes of at least 4 members (excludes halogenated alkanes) is 2. The van der Waals surface area contributed by atoms with Crippen LogP contribution in [0.25, 0.3) is 11.5 Å². The van der Waals surface area contributed by atoms with E-state index in [1.165, 1.54) is 7.11 Å². The molecule has 5 nitrogen and oxygen atoms in total. The first-order valence-corrected chi connectivity index (χ1v) is 8.50. The lowest BCUT2D eigenvalue weighted by molar-refractivity contribution is 0.309. The van der Waals surface area contributed by atoms with E-state index < -0.39 is 0 Å². The Bertz CT molecular complexity index is 692. The van der Waals surface area contributed by atoms with Crippen molar-refractivity contribution in [3.05, 3.63) is 40.2 Å². The van der Waals surface area contributed by atoms with Gasteiger partial charge in [-0.15, -0.1) is 0 Å². The quantitative estimate of drug-likeness (QED) is 0.643. The minimum atomic E-state index is -0.381. The molecule has 2 rings (SSSR count). The molecule has 0 saturated heterocycles. The lowest BCUT2D eigenvalue weighted by Crippen LogP contribution is -2.12. The highest BCUT2D eigenvalue weighted by Crippen LogP contribution is 2.23. The van der Waals surface area contributed by atoms with Gasteiger partial charge in [0.15, 0.2) is 0 Å². The van der Waals surface area contributed by atoms with Gasteiger partial charge in [-0.25, -0.2) is 4.79 Å². The third-order valence-corrected chi connectivity index (χ3v) is 3.74. The molecule has 5 heteroatoms. The van der Waals surface area contributed by atoms with Crippen molar-refractivity contribution >= 4 is 0 Å². The molecule has 0 saturated carbocycles. The van der Waals surface area contributed by atoms with Gasteiger partial charge in [-0.2, -0.15) is 4.98 Å². The highest BCUT2D eigenvalue weighted by Gasteiger charge is 2.15. The number of aromatic nitrogens is 1. The summed E-state index contributed by atoms with van der Waals surface area (Å²) in [5.41, 5.74) is 0.839. The summed E-state index contributed by atoms with van der Waals surface area (Å²) in [6, 6.07) is 7.36. The van der Waals surface area contributed by atoms with Crippen LogP contribution in [-0.4, -0.2) is 18.7 Å². The highest BCUT2D eigenvalue weighted by atomic mass is 16.5. The summed E-state index contributed by atoms with van der Waals surface area (Å²) in [5.74, 6) is 1.40. The molecule has 0 unspecified atom stereocenters. The molecule has 0 amide bonds. The summed E-state index contributed by atoms with van der Waals surface area (Å²) in [6.07, 6.45) is 4.61. The summed E-state index contributed by atoms with van der Waals surface area (Å²) >= 11 is 0. The van der Waals surface area contributed by atoms with Crippen molar-refractivity contribution in [3.63, 3.8) is 0 Å². The van der Waals surface area contributed by atoms with E-state index in [2.05, 4.69) is 18.8 Å². The van der Waals surface area contributed by atoms with Crippen LogP contribution >= 0.6 is 0 Å². The first-order valence-electron chi connectivity index (χ1n) is 8.50. The molecule has 1 aromatic carbocycles. The predicted molar refractivity (Wildman–Crippen MR) is 93.8 cm³/mol. The Hall–Kier alpha value is -2.30. The molecule has 130 valence electrons. The maximum atomic E-state index is 12.2. The van der Waals surface area contributed by atoms with E-state index in [9.17, 15) is 4.79 Å². The van der Waals surface area contributed by atoms with E-state index in [0.717, 1.165) is 37.0 Å². The first kappa shape index (κ1) is 18.0. The normalized spacial score (nSPS) is 10.6. The molecule has 0 atom stereocenters. The average Bonchev–Trinajstić information content (AvgIpc) is 2.61. The van der Waals surface area contributed by atoms with Gasteiger partial charge in [-0.1, -0.05) is 26.7 Å². The van der Waals surface area contributed by atoms with Crippen LogP contribution in [0.2, 0.25) is 0 Å². The Morgan fingerprint density at radius 2 is 1.79 bits per heavy atom. The van der Waals surface area contributed by atoms with Crippen LogP contribution in [0.1, 0.15) is 45.1 Å². The number of ether oxygens (including phenoxy) is 2. The summed E-state index contributed by atoms with van der Waals surface area (Å²) in [4.78, 5) is 16.6. The first-order chi connectivity index (χ1) is 11.7. The number of methoxy groups -OCH3 is 1. The van der Waals surface area contributed by atoms with Gasteiger partial charge in [0.25, 0.3) is 0 Å². The van der Waals surface area contributed by atoms with Gasteiger partial charge in [0.05, 0.1) is 19.3 Å². The Morgan fingerprint density at radius 3 is 2.42 bits per heavy atom. The second-order valence-corrected chi connectivity index (χ2v) is 5.62. The number of benzene rings is 1. The van der Waals surface area contributed by atoms with Gasteiger partial charge in [-0.3, -0.25) is 0 Å². The third kappa shape index (κ3) is 4.60. The van der Waals surface area contributed by atoms with Crippen LogP contribution in [0, 0.1) is 0 Å². The zero-order chi connectivity index (χ0) is 17.4. The van der Waals surface area contributed by atoms with Crippen molar-refractivity contribution in [2.45, 2.75) is 46.0 Å². The second kappa shape index (κ2) is 9.11. The smallest absolute Gasteiger partial charge is 0.346 e. The molecular weight excluding hydrogens is 306 g/mol. The van der Waals surface area contributed by atoms with Gasteiger partial charge in [0.1, 0.15) is 5.75 Å². The fourth-order valence-electron chi connectivity index (χ4n) is 2.30. The summed E-state index contributed by atoms with van der Waals surface area (Å²) < 4.78 is 16.3. The number of hydrogen-bond donors (Lipinski definition) is 0. The van der Waals surface area contributed by atoms with Crippen molar-refractivity contribution in [2.24, 2.45) is 0 Å². The second-order valence-electron chi connectivity index (χ2n) is 5.62. The van der Waals surface area contributed by atoms with E-state index in [4.69, 9.17) is 13.9 Å². The average molecular weight is 331 g/mol. The van der Waals surface area contributed by atoms with E-state index in [-0.39, 0.29) is 11.5 Å². The van der Waals surface area contributed by atoms with E-state index in [0.29, 0.717) is 24.5 Å². The van der Waals surface area contributed by atoms with Crippen LogP contribution in [0.5, 0.6) is 11.6 Å². The molecule has 0 radical (unpaired) electrons. The van der Waals surface area contributed by atoms with E-state index >= 15 is 0 Å². The minimum Gasteiger partial charge on any atom is -0.494 e. The Balaban J connectivity index is 2.22. The Kier molecular flexibility index (Phi) is 6.85. The zero-order valence-corrected chi connectivity index (χ0v) is 14.6. The molecule has 0 N–H and O–H groups in total. The van der Waals surface area contributed by atoms with Crippen molar-refractivity contribution in [2.75, 3.05) is 13.7 Å². The maximum Gasteiger partial charge on any atom is 0.346 e. The fraction of sp³-hybridized carbons (Fsp3) is 0.474. The monoisotopic (exact) mass is 331 g/mol. The molecule has 1 aromatic heterocycles. The van der Waals surface area contributed by atoms with E-state index in [1.807, 2.05) is 24.3 Å². The number of rotatable bonds is 9. The molecule has 2 aromatic rings. The minimum absolute atomic E-state index is 0.261. The Labute approximate surface area is 142 Å². The third-order valence-electron chi connectivity index (χ3n) is 3.74. The van der Waals surface area contributed by atoms with Crippen molar-refractivity contribution in [3.8, 4) is 23.1 Å². The largest absolute Gasteiger partial charge is 0.494 e. The molecule has 0 aliphatic rings. The standard InChI is InChI=1S/C19H25NO4/c1-4-6-8-16-18(22-3)20-17(24-19(16)21)14-9-11-15(12-10-14)23-13-7-5-2/h9-12H,4-8,13H2,1-3H3. The van der Waals surface area contributed by atoms with Gasteiger partial charge in [0.2, 0.25) is 11.8 Å². The molecular formula is C19H25NO4. The van der Waals surface area contributed by atoms with Crippen LogP contribution in [0.3, 0.4) is 0 Å². The van der Waals surface area contributed by atoms with Crippen LogP contribution < -0.4 is 15.1 Å². The zero-order valence-electron chi connectivity index (χ0n) is 14.6. The van der Waals surface area contributed by atoms with Gasteiger partial charge in [-0.05, 0) is 43.5 Å². The molecule has 0 bridgehead atoms. The summed E-state index contributed by atoms with van der Waals surface area (Å²) in [7, 11) is 1.52. The molecule has 0 spiro atoms. The van der Waals surface area contributed by atoms with Crippen LogP contribution in [-0.2, 0) is 6.42 Å². The fourth-order valence-corrected chi connectivity index (χ4v) is 2.30. The highest BCUT2D eigenvalue weighted by molar-refractivity contribution is 5.55. The molecule has 24 heavy (non-hydrogen) atoms. The lowest BCUT2D eigenvalue weighted by atomic mass is 10.1. The summed E-state index contributed by atoms with van der Waals surface area (Å²) in [6.45, 7) is 4.89. The lowest BCUT2D eigenvalue weighted by Gasteiger charge is -2.08. The number of nitrogens with zero attached hydrogens (tertiary/aromatic N) is 1. The molecule has 0 aliphatic heterocycles. The molecule has 0 aliphatic carbocycles. The number of hydrogen-bond acceptors (Lipinski definition) is 5. The van der Waals surface area contributed by atoms with Crippen molar-refractivity contribution < 1.29 is 13.9 Å². The SMILES string of the molecule is CCCCOc1ccc(-c2nc(OC)c(CCCC)c(=O)o2)cc1. The van der Waals surface area contributed by atoms with E-state index in [1.54, 1.807) is 0 Å². The molecule has 1 heterocycles. The van der Waals surface area contributed by atoms with Crippen LogP contribution in [0.15, 0.2) is 33.5 Å². The topological polar surface area (TPSA) is 61.6 Å². The van der Waals surface area contributed by atoms with Gasteiger partial charge >= 0.3 is 5.63 Å².